The molecule has 0 unspecified atom stereocenters. The molecule has 3 aromatic rings. The number of nitrogens with one attached hydrogen (secondary N) is 1. The smallest absolute Gasteiger partial charge is 0.230 e. The van der Waals surface area contributed by atoms with Crippen LogP contribution in [0.3, 0.4) is 0 Å². The highest BCUT2D eigenvalue weighted by Gasteiger charge is 2.45. The molecule has 3 aromatic carbocycles. The Labute approximate surface area is 172 Å². The van der Waals surface area contributed by atoms with E-state index in [9.17, 15) is 4.79 Å². The van der Waals surface area contributed by atoms with Gasteiger partial charge in [0.25, 0.3) is 0 Å². The molecule has 0 heterocycles. The van der Waals surface area contributed by atoms with Crippen LogP contribution in [0.25, 0.3) is 0 Å². The zero-order chi connectivity index (χ0) is 19.9. The Bertz CT molecular complexity index is 916. The number of benzene rings is 3. The molecule has 1 aliphatic rings. The van der Waals surface area contributed by atoms with Crippen LogP contribution in [0.5, 0.6) is 0 Å². The molecule has 4 rings (SSSR count). The molecule has 1 N–H and O–H groups in total. The van der Waals surface area contributed by atoms with Gasteiger partial charge in [-0.2, -0.15) is 0 Å². The van der Waals surface area contributed by atoms with Gasteiger partial charge in [-0.25, -0.2) is 0 Å². The van der Waals surface area contributed by atoms with Gasteiger partial charge in [0, 0.05) is 6.54 Å². The first kappa shape index (κ1) is 19.4. The third-order valence-electron chi connectivity index (χ3n) is 5.82. The van der Waals surface area contributed by atoms with E-state index in [1.807, 2.05) is 36.4 Å². The third-order valence-corrected chi connectivity index (χ3v) is 5.82. The second-order valence-electron chi connectivity index (χ2n) is 7.78. The molecule has 0 saturated heterocycles. The predicted molar refractivity (Wildman–Crippen MR) is 115 cm³/mol. The number of ether oxygens (including phenoxy) is 1. The molecule has 0 bridgehead atoms. The molecule has 29 heavy (non-hydrogen) atoms. The van der Waals surface area contributed by atoms with Crippen molar-refractivity contribution in [3.63, 3.8) is 0 Å². The molecular weight excluding hydrogens is 358 g/mol. The van der Waals surface area contributed by atoms with Crippen molar-refractivity contribution in [2.75, 3.05) is 0 Å². The lowest BCUT2D eigenvalue weighted by Crippen LogP contribution is -2.48. The van der Waals surface area contributed by atoms with Gasteiger partial charge in [0.1, 0.15) is 0 Å². The number of rotatable bonds is 8. The second-order valence-corrected chi connectivity index (χ2v) is 7.78. The van der Waals surface area contributed by atoms with Gasteiger partial charge in [0.05, 0.1) is 18.6 Å². The lowest BCUT2D eigenvalue weighted by atomic mass is 9.64. The summed E-state index contributed by atoms with van der Waals surface area (Å²) < 4.78 is 5.79. The van der Waals surface area contributed by atoms with Crippen LogP contribution in [-0.4, -0.2) is 5.91 Å². The van der Waals surface area contributed by atoms with Gasteiger partial charge in [-0.15, -0.1) is 0 Å². The Morgan fingerprint density at radius 2 is 1.31 bits per heavy atom. The Kier molecular flexibility index (Phi) is 6.06. The van der Waals surface area contributed by atoms with Gasteiger partial charge >= 0.3 is 0 Å². The summed E-state index contributed by atoms with van der Waals surface area (Å²) in [6, 6.07) is 28.6. The number of hydrogen-bond donors (Lipinski definition) is 1. The van der Waals surface area contributed by atoms with Crippen LogP contribution in [0.1, 0.15) is 41.5 Å². The van der Waals surface area contributed by atoms with Crippen LogP contribution >= 0.6 is 0 Å². The number of carbonyl (C=O) groups is 1. The fraction of sp³-hybridized carbons (Fsp3) is 0.269. The van der Waals surface area contributed by atoms with E-state index in [4.69, 9.17) is 4.74 Å². The van der Waals surface area contributed by atoms with E-state index in [0.717, 1.165) is 36.0 Å². The second kappa shape index (κ2) is 9.06. The Morgan fingerprint density at radius 3 is 1.90 bits per heavy atom. The molecule has 0 radical (unpaired) electrons. The normalized spacial score (nSPS) is 14.8. The summed E-state index contributed by atoms with van der Waals surface area (Å²) in [5, 5.41) is 3.15. The van der Waals surface area contributed by atoms with Crippen molar-refractivity contribution in [2.45, 2.75) is 44.4 Å². The maximum atomic E-state index is 12.9. The Balaban J connectivity index is 1.28. The van der Waals surface area contributed by atoms with Crippen LogP contribution in [-0.2, 0) is 34.7 Å². The first-order valence-corrected chi connectivity index (χ1v) is 10.3. The molecule has 0 spiro atoms. The van der Waals surface area contributed by atoms with Crippen LogP contribution in [0.2, 0.25) is 0 Å². The largest absolute Gasteiger partial charge is 0.372 e. The van der Waals surface area contributed by atoms with E-state index < -0.39 is 0 Å². The molecular formula is C26H27NO2. The quantitative estimate of drug-likeness (QED) is 0.583. The highest BCUT2D eigenvalue weighted by Crippen LogP contribution is 2.43. The molecule has 1 aliphatic carbocycles. The summed E-state index contributed by atoms with van der Waals surface area (Å²) in [6.45, 7) is 1.75. The fourth-order valence-electron chi connectivity index (χ4n) is 3.90. The average Bonchev–Trinajstić information content (AvgIpc) is 2.74. The lowest BCUT2D eigenvalue weighted by Gasteiger charge is -2.40. The molecule has 0 aliphatic heterocycles. The average molecular weight is 386 g/mol. The first-order chi connectivity index (χ1) is 14.3. The minimum atomic E-state index is -0.341. The summed E-state index contributed by atoms with van der Waals surface area (Å²) >= 11 is 0. The van der Waals surface area contributed by atoms with Crippen molar-refractivity contribution in [3.8, 4) is 0 Å². The van der Waals surface area contributed by atoms with Crippen LogP contribution in [0, 0.1) is 0 Å². The van der Waals surface area contributed by atoms with E-state index in [0.29, 0.717) is 19.8 Å². The van der Waals surface area contributed by atoms with Gasteiger partial charge in [0.15, 0.2) is 0 Å². The van der Waals surface area contributed by atoms with Crippen LogP contribution < -0.4 is 5.32 Å². The third kappa shape index (κ3) is 4.57. The maximum absolute atomic E-state index is 12.9. The lowest BCUT2D eigenvalue weighted by molar-refractivity contribution is -0.130. The zero-order valence-electron chi connectivity index (χ0n) is 16.6. The highest BCUT2D eigenvalue weighted by molar-refractivity contribution is 5.89. The van der Waals surface area contributed by atoms with E-state index in [1.54, 1.807) is 0 Å². The number of amides is 1. The minimum absolute atomic E-state index is 0.144. The minimum Gasteiger partial charge on any atom is -0.372 e. The van der Waals surface area contributed by atoms with E-state index >= 15 is 0 Å². The standard InChI is InChI=1S/C26H27NO2/c28-25(26(16-7-17-26)24-10-5-2-6-11-24)27-18-21-12-14-23(15-13-21)20-29-19-22-8-3-1-4-9-22/h1-6,8-15H,7,16-20H2,(H,27,28). The number of carbonyl (C=O) groups excluding carboxylic acids is 1. The van der Waals surface area contributed by atoms with Gasteiger partial charge in [-0.1, -0.05) is 91.3 Å². The van der Waals surface area contributed by atoms with Crippen molar-refractivity contribution in [2.24, 2.45) is 0 Å². The molecule has 0 aromatic heterocycles. The molecule has 0 atom stereocenters. The molecule has 1 fully saturated rings. The molecule has 3 heteroatoms. The van der Waals surface area contributed by atoms with Crippen LogP contribution in [0.15, 0.2) is 84.9 Å². The summed E-state index contributed by atoms with van der Waals surface area (Å²) in [5.41, 5.74) is 4.21. The zero-order valence-corrected chi connectivity index (χ0v) is 16.6. The van der Waals surface area contributed by atoms with E-state index in [2.05, 4.69) is 53.8 Å². The molecule has 1 amide bonds. The fourth-order valence-corrected chi connectivity index (χ4v) is 3.90. The van der Waals surface area contributed by atoms with Gasteiger partial charge < -0.3 is 10.1 Å². The van der Waals surface area contributed by atoms with Crippen molar-refractivity contribution in [3.05, 3.63) is 107 Å². The van der Waals surface area contributed by atoms with Gasteiger partial charge in [-0.05, 0) is 35.1 Å². The monoisotopic (exact) mass is 385 g/mol. The highest BCUT2D eigenvalue weighted by atomic mass is 16.5. The summed E-state index contributed by atoms with van der Waals surface area (Å²) in [6.07, 6.45) is 2.97. The molecule has 148 valence electrons. The topological polar surface area (TPSA) is 38.3 Å². The molecule has 1 saturated carbocycles. The van der Waals surface area contributed by atoms with Crippen molar-refractivity contribution >= 4 is 5.91 Å². The summed E-state index contributed by atoms with van der Waals surface area (Å²) in [4.78, 5) is 12.9. The van der Waals surface area contributed by atoms with Gasteiger partial charge in [-0.3, -0.25) is 4.79 Å². The van der Waals surface area contributed by atoms with E-state index in [-0.39, 0.29) is 11.3 Å². The Morgan fingerprint density at radius 1 is 0.759 bits per heavy atom. The Hall–Kier alpha value is -2.91. The van der Waals surface area contributed by atoms with Gasteiger partial charge in [0.2, 0.25) is 5.91 Å². The summed E-state index contributed by atoms with van der Waals surface area (Å²) in [7, 11) is 0. The number of hydrogen-bond acceptors (Lipinski definition) is 2. The SMILES string of the molecule is O=C(NCc1ccc(COCc2ccccc2)cc1)C1(c2ccccc2)CCC1. The van der Waals surface area contributed by atoms with Crippen LogP contribution in [0.4, 0.5) is 0 Å². The van der Waals surface area contributed by atoms with Crippen molar-refractivity contribution in [1.82, 2.24) is 5.32 Å². The van der Waals surface area contributed by atoms with E-state index in [1.165, 1.54) is 5.56 Å². The first-order valence-electron chi connectivity index (χ1n) is 10.3. The predicted octanol–water partition coefficient (Wildman–Crippen LogP) is 5.14. The summed E-state index contributed by atoms with van der Waals surface area (Å²) in [5.74, 6) is 0.144. The maximum Gasteiger partial charge on any atom is 0.230 e. The van der Waals surface area contributed by atoms with Crippen molar-refractivity contribution in [1.29, 1.82) is 0 Å². The van der Waals surface area contributed by atoms with Crippen molar-refractivity contribution < 1.29 is 9.53 Å². The molecule has 3 nitrogen and oxygen atoms in total.